The second-order valence-corrected chi connectivity index (χ2v) is 8.29. The number of allylic oxidation sites excluding steroid dienone is 1. The van der Waals surface area contributed by atoms with Gasteiger partial charge in [-0.15, -0.1) is 0 Å². The molecule has 1 aromatic rings. The summed E-state index contributed by atoms with van der Waals surface area (Å²) in [5.74, 6) is -0.983. The summed E-state index contributed by atoms with van der Waals surface area (Å²) < 4.78 is 31.1. The predicted molar refractivity (Wildman–Crippen MR) is 103 cm³/mol. The van der Waals surface area contributed by atoms with E-state index in [1.54, 1.807) is 18.2 Å². The highest BCUT2D eigenvalue weighted by Gasteiger charge is 2.30. The monoisotopic (exact) mass is 405 g/mol. The maximum Gasteiger partial charge on any atom is 0.328 e. The summed E-state index contributed by atoms with van der Waals surface area (Å²) in [5, 5.41) is 2.72. The fourth-order valence-electron chi connectivity index (χ4n) is 3.13. The van der Waals surface area contributed by atoms with Crippen LogP contribution < -0.4 is 10.0 Å². The van der Waals surface area contributed by atoms with E-state index < -0.39 is 16.0 Å². The summed E-state index contributed by atoms with van der Waals surface area (Å²) in [6.07, 6.45) is 7.64. The minimum absolute atomic E-state index is 0.0951. The number of esters is 1. The van der Waals surface area contributed by atoms with Crippen molar-refractivity contribution in [3.05, 3.63) is 41.5 Å². The van der Waals surface area contributed by atoms with Crippen molar-refractivity contribution in [2.45, 2.75) is 37.0 Å². The van der Waals surface area contributed by atoms with Gasteiger partial charge in [0.15, 0.2) is 6.61 Å². The molecule has 0 bridgehead atoms. The molecule has 0 aromatic heterocycles. The molecule has 2 N–H and O–H groups in total. The van der Waals surface area contributed by atoms with E-state index >= 15 is 0 Å². The number of amidine groups is 1. The van der Waals surface area contributed by atoms with Crippen LogP contribution in [0.3, 0.4) is 0 Å². The molecule has 2 aliphatic rings. The average molecular weight is 405 g/mol. The maximum atomic E-state index is 12.0. The molecule has 9 heteroatoms. The van der Waals surface area contributed by atoms with Gasteiger partial charge in [-0.2, -0.15) is 0 Å². The van der Waals surface area contributed by atoms with E-state index in [0.29, 0.717) is 12.1 Å². The van der Waals surface area contributed by atoms with Crippen LogP contribution in [0.25, 0.3) is 0 Å². The van der Waals surface area contributed by atoms with Gasteiger partial charge in [0, 0.05) is 12.1 Å². The Hall–Kier alpha value is -2.68. The van der Waals surface area contributed by atoms with Crippen molar-refractivity contribution in [3.63, 3.8) is 0 Å². The number of carbonyl (C=O) groups excluding carboxylic acids is 2. The highest BCUT2D eigenvalue weighted by Crippen LogP contribution is 2.22. The van der Waals surface area contributed by atoms with Gasteiger partial charge in [0.2, 0.25) is 0 Å². The zero-order valence-electron chi connectivity index (χ0n) is 15.4. The Labute approximate surface area is 164 Å². The molecule has 28 heavy (non-hydrogen) atoms. The molecule has 1 aromatic carbocycles. The Balaban J connectivity index is 1.42. The number of benzene rings is 1. The molecule has 1 aliphatic heterocycles. The van der Waals surface area contributed by atoms with Crippen LogP contribution in [0.15, 0.2) is 45.8 Å². The molecule has 1 heterocycles. The van der Waals surface area contributed by atoms with E-state index in [2.05, 4.69) is 21.1 Å². The predicted octanol–water partition coefficient (Wildman–Crippen LogP) is 1.27. The van der Waals surface area contributed by atoms with Gasteiger partial charge in [-0.1, -0.05) is 23.8 Å². The van der Waals surface area contributed by atoms with Crippen molar-refractivity contribution in [2.75, 3.05) is 19.7 Å². The molecule has 0 atom stereocenters. The topological polar surface area (TPSA) is 114 Å². The normalized spacial score (nSPS) is 18.7. The number of hydrogen-bond donors (Lipinski definition) is 2. The van der Waals surface area contributed by atoms with Gasteiger partial charge in [0.25, 0.3) is 15.9 Å². The summed E-state index contributed by atoms with van der Waals surface area (Å²) in [5.41, 5.74) is 1.77. The standard InChI is InChI=1S/C19H23N3O5S/c23-17(20-11-10-14-6-2-1-3-7-14)13-27-18(24)12-21-19-15-8-4-5-9-16(15)28(25,26)22-19/h4-6,8-9H,1-3,7,10-13H2,(H,20,23)(H,21,22). The van der Waals surface area contributed by atoms with Crippen LogP contribution in [0.2, 0.25) is 0 Å². The van der Waals surface area contributed by atoms with E-state index in [1.807, 2.05) is 0 Å². The molecule has 3 rings (SSSR count). The first kappa shape index (κ1) is 20.1. The van der Waals surface area contributed by atoms with Crippen LogP contribution >= 0.6 is 0 Å². The van der Waals surface area contributed by atoms with E-state index in [0.717, 1.165) is 19.3 Å². The summed E-state index contributed by atoms with van der Waals surface area (Å²) in [6, 6.07) is 6.36. The van der Waals surface area contributed by atoms with Crippen LogP contribution in [0.1, 0.15) is 37.7 Å². The minimum atomic E-state index is -3.65. The number of carbonyl (C=O) groups is 2. The molecule has 150 valence electrons. The molecule has 0 saturated carbocycles. The van der Waals surface area contributed by atoms with E-state index in [1.165, 1.54) is 24.5 Å². The first-order valence-corrected chi connectivity index (χ1v) is 10.7. The van der Waals surface area contributed by atoms with Gasteiger partial charge in [-0.05, 0) is 44.2 Å². The molecule has 0 fully saturated rings. The molecule has 0 spiro atoms. The lowest BCUT2D eigenvalue weighted by Gasteiger charge is -2.12. The van der Waals surface area contributed by atoms with Crippen LogP contribution in [0, 0.1) is 0 Å². The highest BCUT2D eigenvalue weighted by atomic mass is 32.2. The van der Waals surface area contributed by atoms with Gasteiger partial charge < -0.3 is 10.1 Å². The largest absolute Gasteiger partial charge is 0.454 e. The van der Waals surface area contributed by atoms with Crippen molar-refractivity contribution in [1.82, 2.24) is 10.0 Å². The summed E-state index contributed by atoms with van der Waals surface area (Å²) in [6.45, 7) is -0.250. The minimum Gasteiger partial charge on any atom is -0.454 e. The Morgan fingerprint density at radius 3 is 2.82 bits per heavy atom. The summed E-state index contributed by atoms with van der Waals surface area (Å²) in [4.78, 5) is 27.7. The second-order valence-electron chi connectivity index (χ2n) is 6.64. The Kier molecular flexibility index (Phi) is 6.45. The number of amides is 1. The molecule has 0 unspecified atom stereocenters. The maximum absolute atomic E-state index is 12.0. The average Bonchev–Trinajstić information content (AvgIpc) is 2.96. The second kappa shape index (κ2) is 9.01. The number of ether oxygens (including phenoxy) is 1. The van der Waals surface area contributed by atoms with Crippen molar-refractivity contribution in [3.8, 4) is 0 Å². The number of hydrogen-bond acceptors (Lipinski definition) is 6. The molecule has 8 nitrogen and oxygen atoms in total. The lowest BCUT2D eigenvalue weighted by Crippen LogP contribution is -2.30. The van der Waals surface area contributed by atoms with Gasteiger partial charge in [0.05, 0.1) is 4.90 Å². The van der Waals surface area contributed by atoms with Crippen LogP contribution in [0.5, 0.6) is 0 Å². The zero-order chi connectivity index (χ0) is 20.0. The van der Waals surface area contributed by atoms with Crippen LogP contribution in [-0.4, -0.2) is 45.8 Å². The molecular weight excluding hydrogens is 382 g/mol. The fourth-order valence-corrected chi connectivity index (χ4v) is 4.38. The Morgan fingerprint density at radius 2 is 2.04 bits per heavy atom. The first-order chi connectivity index (χ1) is 13.5. The van der Waals surface area contributed by atoms with Gasteiger partial charge >= 0.3 is 5.97 Å². The molecule has 0 saturated heterocycles. The van der Waals surface area contributed by atoms with Gasteiger partial charge in [0.1, 0.15) is 12.4 Å². The third kappa shape index (κ3) is 5.19. The van der Waals surface area contributed by atoms with E-state index in [-0.39, 0.29) is 29.8 Å². The zero-order valence-corrected chi connectivity index (χ0v) is 16.3. The van der Waals surface area contributed by atoms with Crippen molar-refractivity contribution in [2.24, 2.45) is 4.99 Å². The van der Waals surface area contributed by atoms with Crippen molar-refractivity contribution < 1.29 is 22.7 Å². The summed E-state index contributed by atoms with van der Waals surface area (Å²) >= 11 is 0. The third-order valence-electron chi connectivity index (χ3n) is 4.55. The summed E-state index contributed by atoms with van der Waals surface area (Å²) in [7, 11) is -3.65. The van der Waals surface area contributed by atoms with E-state index in [9.17, 15) is 18.0 Å². The Morgan fingerprint density at radius 1 is 1.21 bits per heavy atom. The van der Waals surface area contributed by atoms with Crippen LogP contribution in [-0.2, 0) is 24.3 Å². The van der Waals surface area contributed by atoms with Crippen LogP contribution in [0.4, 0.5) is 0 Å². The van der Waals surface area contributed by atoms with Crippen molar-refractivity contribution in [1.29, 1.82) is 0 Å². The van der Waals surface area contributed by atoms with Crippen molar-refractivity contribution >= 4 is 27.7 Å². The number of rotatable bonds is 7. The fraction of sp³-hybridized carbons (Fsp3) is 0.421. The third-order valence-corrected chi connectivity index (χ3v) is 5.94. The van der Waals surface area contributed by atoms with E-state index in [4.69, 9.17) is 4.74 Å². The number of fused-ring (bicyclic) bond motifs is 1. The molecule has 0 radical (unpaired) electrons. The van der Waals surface area contributed by atoms with Gasteiger partial charge in [-0.3, -0.25) is 19.3 Å². The lowest BCUT2D eigenvalue weighted by molar-refractivity contribution is -0.147. The first-order valence-electron chi connectivity index (χ1n) is 9.22. The number of nitrogens with zero attached hydrogens (tertiary/aromatic N) is 1. The smallest absolute Gasteiger partial charge is 0.328 e. The molecule has 1 amide bonds. The molecule has 1 aliphatic carbocycles. The molecular formula is C19H23N3O5S. The highest BCUT2D eigenvalue weighted by molar-refractivity contribution is 7.90. The SMILES string of the molecule is O=C(COC(=O)CN=C1NS(=O)(=O)c2ccccc21)NCCC1=CCCCC1. The number of sulfonamides is 1. The lowest BCUT2D eigenvalue weighted by atomic mass is 9.97. The number of aliphatic imine (C=N–C) groups is 1. The van der Waals surface area contributed by atoms with Gasteiger partial charge in [-0.25, -0.2) is 8.42 Å². The quantitative estimate of drug-likeness (QED) is 0.524. The number of nitrogens with one attached hydrogen (secondary N) is 2. The Bertz CT molecular complexity index is 921.